The maximum absolute atomic E-state index is 12.9. The lowest BCUT2D eigenvalue weighted by atomic mass is 9.97. The molecule has 0 spiro atoms. The minimum atomic E-state index is 0.210. The number of hydrogen-bond acceptors (Lipinski definition) is 5. The standard InChI is InChI=1S/C24H32N6O/c1-18-25-21-10-4-3-9-20(21)24(31)30(18)13-7-6-12-28-14-16-29(17-15-28)23-19-8-2-5-11-22(19)26-27-23/h2,5,8,11H,3-4,6-7,9-10,12-17H2,1H3,(H,26,27). The van der Waals surface area contributed by atoms with Crippen LogP contribution in [0.1, 0.15) is 42.8 Å². The molecule has 0 radical (unpaired) electrons. The van der Waals surface area contributed by atoms with Crippen LogP contribution < -0.4 is 10.5 Å². The minimum absolute atomic E-state index is 0.210. The van der Waals surface area contributed by atoms with Crippen molar-refractivity contribution in [1.82, 2.24) is 24.6 Å². The number of unbranched alkanes of at least 4 members (excludes halogenated alkanes) is 1. The zero-order valence-electron chi connectivity index (χ0n) is 18.4. The van der Waals surface area contributed by atoms with Crippen molar-refractivity contribution >= 4 is 16.7 Å². The number of aryl methyl sites for hydroxylation is 2. The lowest BCUT2D eigenvalue weighted by Crippen LogP contribution is -2.46. The predicted molar refractivity (Wildman–Crippen MR) is 124 cm³/mol. The minimum Gasteiger partial charge on any atom is -0.352 e. The second-order valence-corrected chi connectivity index (χ2v) is 8.88. The van der Waals surface area contributed by atoms with Gasteiger partial charge >= 0.3 is 0 Å². The van der Waals surface area contributed by atoms with Gasteiger partial charge in [-0.1, -0.05) is 12.1 Å². The Morgan fingerprint density at radius 1 is 1.00 bits per heavy atom. The van der Waals surface area contributed by atoms with Crippen LogP contribution in [-0.2, 0) is 19.4 Å². The fourth-order valence-electron chi connectivity index (χ4n) is 5.05. The van der Waals surface area contributed by atoms with Crippen LogP contribution in [-0.4, -0.2) is 57.4 Å². The van der Waals surface area contributed by atoms with Gasteiger partial charge in [0.15, 0.2) is 5.82 Å². The number of nitrogens with zero attached hydrogens (tertiary/aromatic N) is 5. The highest BCUT2D eigenvalue weighted by Gasteiger charge is 2.21. The van der Waals surface area contributed by atoms with E-state index in [9.17, 15) is 4.79 Å². The van der Waals surface area contributed by atoms with Crippen molar-refractivity contribution in [1.29, 1.82) is 0 Å². The molecule has 5 rings (SSSR count). The van der Waals surface area contributed by atoms with Crippen molar-refractivity contribution in [3.8, 4) is 0 Å². The Morgan fingerprint density at radius 3 is 2.65 bits per heavy atom. The molecule has 1 aliphatic carbocycles. The molecule has 1 N–H and O–H groups in total. The van der Waals surface area contributed by atoms with Crippen LogP contribution in [0.5, 0.6) is 0 Å². The normalized spacial score (nSPS) is 17.3. The Labute approximate surface area is 183 Å². The number of anilines is 1. The van der Waals surface area contributed by atoms with Gasteiger partial charge in [0.25, 0.3) is 5.56 Å². The summed E-state index contributed by atoms with van der Waals surface area (Å²) in [6.45, 7) is 7.96. The molecule has 7 nitrogen and oxygen atoms in total. The molecule has 2 aromatic heterocycles. The highest BCUT2D eigenvalue weighted by Crippen LogP contribution is 2.24. The summed E-state index contributed by atoms with van der Waals surface area (Å²) in [5.74, 6) is 1.95. The van der Waals surface area contributed by atoms with Gasteiger partial charge in [-0.3, -0.25) is 19.4 Å². The highest BCUT2D eigenvalue weighted by atomic mass is 16.1. The average molecular weight is 421 g/mol. The van der Waals surface area contributed by atoms with Gasteiger partial charge in [0.1, 0.15) is 5.82 Å². The first-order valence-corrected chi connectivity index (χ1v) is 11.7. The van der Waals surface area contributed by atoms with E-state index in [1.165, 1.54) is 5.39 Å². The first-order chi connectivity index (χ1) is 15.2. The van der Waals surface area contributed by atoms with Crippen molar-refractivity contribution in [3.05, 3.63) is 51.7 Å². The van der Waals surface area contributed by atoms with E-state index in [-0.39, 0.29) is 5.56 Å². The molecular weight excluding hydrogens is 388 g/mol. The Bertz CT molecular complexity index is 1110. The van der Waals surface area contributed by atoms with Crippen LogP contribution in [0, 0.1) is 6.92 Å². The highest BCUT2D eigenvalue weighted by molar-refractivity contribution is 5.90. The molecule has 164 valence electrons. The summed E-state index contributed by atoms with van der Waals surface area (Å²) in [7, 11) is 0. The summed E-state index contributed by atoms with van der Waals surface area (Å²) < 4.78 is 1.91. The van der Waals surface area contributed by atoms with Crippen LogP contribution in [0.3, 0.4) is 0 Å². The molecule has 1 saturated heterocycles. The molecule has 3 heterocycles. The predicted octanol–water partition coefficient (Wildman–Crippen LogP) is 2.91. The van der Waals surface area contributed by atoms with Crippen LogP contribution >= 0.6 is 0 Å². The van der Waals surface area contributed by atoms with Crippen molar-refractivity contribution in [2.45, 2.75) is 52.0 Å². The first kappa shape index (κ1) is 20.2. The van der Waals surface area contributed by atoms with Crippen molar-refractivity contribution in [2.24, 2.45) is 0 Å². The summed E-state index contributed by atoms with van der Waals surface area (Å²) in [5, 5.41) is 8.89. The lowest BCUT2D eigenvalue weighted by Gasteiger charge is -2.35. The fourth-order valence-corrected chi connectivity index (χ4v) is 5.05. The van der Waals surface area contributed by atoms with E-state index in [4.69, 9.17) is 4.98 Å². The third-order valence-electron chi connectivity index (χ3n) is 6.86. The summed E-state index contributed by atoms with van der Waals surface area (Å²) in [4.78, 5) is 22.5. The molecule has 1 aliphatic heterocycles. The summed E-state index contributed by atoms with van der Waals surface area (Å²) in [6.07, 6.45) is 6.27. The maximum atomic E-state index is 12.9. The molecule has 2 aliphatic rings. The van der Waals surface area contributed by atoms with Crippen molar-refractivity contribution in [2.75, 3.05) is 37.6 Å². The number of hydrogen-bond donors (Lipinski definition) is 1. The van der Waals surface area contributed by atoms with E-state index in [0.717, 1.165) is 106 Å². The quantitative estimate of drug-likeness (QED) is 0.621. The summed E-state index contributed by atoms with van der Waals surface area (Å²) in [5.41, 5.74) is 3.33. The van der Waals surface area contributed by atoms with Crippen LogP contribution in [0.15, 0.2) is 29.1 Å². The van der Waals surface area contributed by atoms with Crippen LogP contribution in [0.4, 0.5) is 5.82 Å². The van der Waals surface area contributed by atoms with Crippen molar-refractivity contribution in [3.63, 3.8) is 0 Å². The molecule has 1 fully saturated rings. The Balaban J connectivity index is 1.11. The Kier molecular flexibility index (Phi) is 5.76. The summed E-state index contributed by atoms with van der Waals surface area (Å²) in [6, 6.07) is 8.33. The molecule has 1 aromatic carbocycles. The van der Waals surface area contributed by atoms with Gasteiger partial charge in [-0.2, -0.15) is 5.10 Å². The molecular formula is C24H32N6O. The SMILES string of the molecule is Cc1nc2c(c(=O)n1CCCCN1CCN(c3n[nH]c4ccccc34)CC1)CCCC2. The van der Waals surface area contributed by atoms with Crippen molar-refractivity contribution < 1.29 is 0 Å². The molecule has 7 heteroatoms. The smallest absolute Gasteiger partial charge is 0.256 e. The number of aromatic nitrogens is 4. The van der Waals surface area contributed by atoms with E-state index in [1.54, 1.807) is 0 Å². The average Bonchev–Trinajstić information content (AvgIpc) is 3.23. The zero-order valence-corrected chi connectivity index (χ0v) is 18.4. The van der Waals surface area contributed by atoms with E-state index in [2.05, 4.69) is 38.2 Å². The fraction of sp³-hybridized carbons (Fsp3) is 0.542. The second kappa shape index (κ2) is 8.83. The van der Waals surface area contributed by atoms with Gasteiger partial charge in [-0.05, 0) is 64.1 Å². The number of aromatic amines is 1. The topological polar surface area (TPSA) is 70.1 Å². The summed E-state index contributed by atoms with van der Waals surface area (Å²) >= 11 is 0. The number of nitrogens with one attached hydrogen (secondary N) is 1. The van der Waals surface area contributed by atoms with E-state index in [1.807, 2.05) is 17.6 Å². The van der Waals surface area contributed by atoms with Gasteiger partial charge in [0.05, 0.1) is 11.2 Å². The molecule has 0 atom stereocenters. The Hall–Kier alpha value is -2.67. The van der Waals surface area contributed by atoms with E-state index >= 15 is 0 Å². The number of fused-ring (bicyclic) bond motifs is 2. The molecule has 0 amide bonds. The Morgan fingerprint density at radius 2 is 1.77 bits per heavy atom. The second-order valence-electron chi connectivity index (χ2n) is 8.88. The van der Waals surface area contributed by atoms with E-state index in [0.29, 0.717) is 0 Å². The number of benzene rings is 1. The first-order valence-electron chi connectivity index (χ1n) is 11.7. The molecule has 31 heavy (non-hydrogen) atoms. The third kappa shape index (κ3) is 4.11. The van der Waals surface area contributed by atoms with Gasteiger partial charge in [-0.15, -0.1) is 0 Å². The van der Waals surface area contributed by atoms with Gasteiger partial charge < -0.3 is 4.90 Å². The molecule has 3 aromatic rings. The molecule has 0 bridgehead atoms. The number of para-hydroxylation sites is 1. The largest absolute Gasteiger partial charge is 0.352 e. The van der Waals surface area contributed by atoms with Crippen LogP contribution in [0.2, 0.25) is 0 Å². The monoisotopic (exact) mass is 420 g/mol. The zero-order chi connectivity index (χ0) is 21.2. The number of rotatable bonds is 6. The van der Waals surface area contributed by atoms with Crippen LogP contribution in [0.25, 0.3) is 10.9 Å². The molecule has 0 unspecified atom stereocenters. The lowest BCUT2D eigenvalue weighted by molar-refractivity contribution is 0.250. The number of piperazine rings is 1. The van der Waals surface area contributed by atoms with Gasteiger partial charge in [-0.25, -0.2) is 4.98 Å². The molecule has 0 saturated carbocycles. The van der Waals surface area contributed by atoms with E-state index < -0.39 is 0 Å². The van der Waals surface area contributed by atoms with Gasteiger partial charge in [0, 0.05) is 43.7 Å². The maximum Gasteiger partial charge on any atom is 0.256 e. The number of H-pyrrole nitrogens is 1. The third-order valence-corrected chi connectivity index (χ3v) is 6.86. The van der Waals surface area contributed by atoms with Gasteiger partial charge in [0.2, 0.25) is 0 Å².